The van der Waals surface area contributed by atoms with Gasteiger partial charge in [-0.1, -0.05) is 6.07 Å². The van der Waals surface area contributed by atoms with Crippen molar-refractivity contribution in [2.24, 2.45) is 7.05 Å². The maximum Gasteiger partial charge on any atom is 0.149 e. The zero-order chi connectivity index (χ0) is 13.3. The summed E-state index contributed by atoms with van der Waals surface area (Å²) in [7, 11) is 1.84. The fourth-order valence-electron chi connectivity index (χ4n) is 1.92. The van der Waals surface area contributed by atoms with Crippen molar-refractivity contribution in [3.05, 3.63) is 46.8 Å². The van der Waals surface area contributed by atoms with Crippen LogP contribution in [0.25, 0.3) is 0 Å². The van der Waals surface area contributed by atoms with Crippen LogP contribution in [0.3, 0.4) is 0 Å². The standard InChI is InChI=1S/C13H15F2N3/c1-8-10(9(2)18(3)17-8)7-16-13-11(14)5-4-6-12(13)15/h4-6,16H,7H2,1-3H3. The van der Waals surface area contributed by atoms with Crippen LogP contribution >= 0.6 is 0 Å². The topological polar surface area (TPSA) is 29.9 Å². The SMILES string of the molecule is Cc1nn(C)c(C)c1CNc1c(F)cccc1F. The van der Waals surface area contributed by atoms with Crippen molar-refractivity contribution in [1.29, 1.82) is 0 Å². The van der Waals surface area contributed by atoms with Gasteiger partial charge in [0.1, 0.15) is 17.3 Å². The average Bonchev–Trinajstić information content (AvgIpc) is 2.54. The summed E-state index contributed by atoms with van der Waals surface area (Å²) in [5.74, 6) is -1.18. The van der Waals surface area contributed by atoms with Gasteiger partial charge in [0.05, 0.1) is 5.69 Å². The number of hydrogen-bond donors (Lipinski definition) is 1. The highest BCUT2D eigenvalue weighted by molar-refractivity contribution is 5.47. The number of hydrogen-bond acceptors (Lipinski definition) is 2. The normalized spacial score (nSPS) is 10.7. The monoisotopic (exact) mass is 251 g/mol. The van der Waals surface area contributed by atoms with Crippen LogP contribution in [-0.2, 0) is 13.6 Å². The molecule has 0 aliphatic heterocycles. The summed E-state index contributed by atoms with van der Waals surface area (Å²) in [6.07, 6.45) is 0. The van der Waals surface area contributed by atoms with E-state index in [-0.39, 0.29) is 5.69 Å². The highest BCUT2D eigenvalue weighted by Gasteiger charge is 2.12. The number of nitrogens with zero attached hydrogens (tertiary/aromatic N) is 2. The summed E-state index contributed by atoms with van der Waals surface area (Å²) >= 11 is 0. The van der Waals surface area contributed by atoms with Gasteiger partial charge in [-0.3, -0.25) is 4.68 Å². The summed E-state index contributed by atoms with van der Waals surface area (Å²) in [4.78, 5) is 0. The third-order valence-electron chi connectivity index (χ3n) is 3.06. The third-order valence-corrected chi connectivity index (χ3v) is 3.06. The molecule has 0 aliphatic carbocycles. The summed E-state index contributed by atoms with van der Waals surface area (Å²) in [6, 6.07) is 3.80. The molecule has 0 saturated carbocycles. The van der Waals surface area contributed by atoms with E-state index in [1.807, 2.05) is 20.9 Å². The molecular weight excluding hydrogens is 236 g/mol. The lowest BCUT2D eigenvalue weighted by Crippen LogP contribution is -2.05. The molecule has 0 atom stereocenters. The molecule has 1 aromatic carbocycles. The molecular formula is C13H15F2N3. The van der Waals surface area contributed by atoms with Gasteiger partial charge in [-0.2, -0.15) is 5.10 Å². The number of aryl methyl sites for hydroxylation is 2. The minimum Gasteiger partial charge on any atom is -0.376 e. The van der Waals surface area contributed by atoms with Gasteiger partial charge in [-0.25, -0.2) is 8.78 Å². The summed E-state index contributed by atoms with van der Waals surface area (Å²) < 4.78 is 28.6. The predicted molar refractivity (Wildman–Crippen MR) is 66.4 cm³/mol. The van der Waals surface area contributed by atoms with Gasteiger partial charge in [0, 0.05) is 24.8 Å². The number of anilines is 1. The van der Waals surface area contributed by atoms with E-state index in [0.29, 0.717) is 6.54 Å². The van der Waals surface area contributed by atoms with Gasteiger partial charge in [0.25, 0.3) is 0 Å². The lowest BCUT2D eigenvalue weighted by Gasteiger charge is -2.09. The molecule has 0 unspecified atom stereocenters. The molecule has 96 valence electrons. The van der Waals surface area contributed by atoms with E-state index in [1.165, 1.54) is 18.2 Å². The molecule has 2 aromatic rings. The molecule has 1 heterocycles. The van der Waals surface area contributed by atoms with E-state index in [1.54, 1.807) is 4.68 Å². The van der Waals surface area contributed by atoms with Crippen LogP contribution in [0.5, 0.6) is 0 Å². The molecule has 3 nitrogen and oxygen atoms in total. The number of para-hydroxylation sites is 1. The Morgan fingerprint density at radius 2 is 1.83 bits per heavy atom. The van der Waals surface area contributed by atoms with Crippen molar-refractivity contribution in [3.8, 4) is 0 Å². The summed E-state index contributed by atoms with van der Waals surface area (Å²) in [6.45, 7) is 4.15. The Morgan fingerprint density at radius 1 is 1.22 bits per heavy atom. The van der Waals surface area contributed by atoms with Crippen LogP contribution in [0.1, 0.15) is 17.0 Å². The predicted octanol–water partition coefficient (Wildman–Crippen LogP) is 2.93. The van der Waals surface area contributed by atoms with E-state index < -0.39 is 11.6 Å². The fourth-order valence-corrected chi connectivity index (χ4v) is 1.92. The minimum atomic E-state index is -0.589. The van der Waals surface area contributed by atoms with Crippen molar-refractivity contribution in [3.63, 3.8) is 0 Å². The fraction of sp³-hybridized carbons (Fsp3) is 0.308. The number of rotatable bonds is 3. The Bertz CT molecular complexity index is 556. The second-order valence-electron chi connectivity index (χ2n) is 4.22. The number of benzene rings is 1. The highest BCUT2D eigenvalue weighted by Crippen LogP contribution is 2.20. The zero-order valence-electron chi connectivity index (χ0n) is 10.6. The van der Waals surface area contributed by atoms with Crippen LogP contribution in [0, 0.1) is 25.5 Å². The number of nitrogens with one attached hydrogen (secondary N) is 1. The Kier molecular flexibility index (Phi) is 3.32. The van der Waals surface area contributed by atoms with Crippen LogP contribution in [0.15, 0.2) is 18.2 Å². The average molecular weight is 251 g/mol. The van der Waals surface area contributed by atoms with Crippen molar-refractivity contribution < 1.29 is 8.78 Å². The number of aromatic nitrogens is 2. The van der Waals surface area contributed by atoms with Crippen molar-refractivity contribution in [1.82, 2.24) is 9.78 Å². The van der Waals surface area contributed by atoms with E-state index >= 15 is 0 Å². The molecule has 0 spiro atoms. The smallest absolute Gasteiger partial charge is 0.149 e. The second-order valence-corrected chi connectivity index (χ2v) is 4.22. The lowest BCUT2D eigenvalue weighted by atomic mass is 10.2. The Morgan fingerprint density at radius 3 is 2.33 bits per heavy atom. The first kappa shape index (κ1) is 12.5. The first-order chi connectivity index (χ1) is 8.50. The zero-order valence-corrected chi connectivity index (χ0v) is 10.6. The molecule has 1 aromatic heterocycles. The molecule has 2 rings (SSSR count). The maximum atomic E-state index is 13.4. The van der Waals surface area contributed by atoms with Crippen LogP contribution < -0.4 is 5.32 Å². The van der Waals surface area contributed by atoms with Gasteiger partial charge in [0.2, 0.25) is 0 Å². The molecule has 0 radical (unpaired) electrons. The van der Waals surface area contributed by atoms with E-state index in [0.717, 1.165) is 17.0 Å². The Labute approximate surface area is 104 Å². The number of halogens is 2. The Balaban J connectivity index is 2.22. The summed E-state index contributed by atoms with van der Waals surface area (Å²) in [5.41, 5.74) is 2.70. The van der Waals surface area contributed by atoms with Gasteiger partial charge >= 0.3 is 0 Å². The van der Waals surface area contributed by atoms with Crippen molar-refractivity contribution in [2.45, 2.75) is 20.4 Å². The molecule has 0 fully saturated rings. The largest absolute Gasteiger partial charge is 0.376 e. The van der Waals surface area contributed by atoms with Gasteiger partial charge < -0.3 is 5.32 Å². The van der Waals surface area contributed by atoms with Crippen molar-refractivity contribution in [2.75, 3.05) is 5.32 Å². The minimum absolute atomic E-state index is 0.0971. The van der Waals surface area contributed by atoms with Gasteiger partial charge in [-0.15, -0.1) is 0 Å². The van der Waals surface area contributed by atoms with Crippen LogP contribution in [-0.4, -0.2) is 9.78 Å². The first-order valence-corrected chi connectivity index (χ1v) is 5.67. The molecule has 0 amide bonds. The van der Waals surface area contributed by atoms with Crippen LogP contribution in [0.4, 0.5) is 14.5 Å². The van der Waals surface area contributed by atoms with Gasteiger partial charge in [-0.05, 0) is 26.0 Å². The third kappa shape index (κ3) is 2.20. The molecule has 5 heteroatoms. The second kappa shape index (κ2) is 4.76. The lowest BCUT2D eigenvalue weighted by molar-refractivity contribution is 0.588. The molecule has 0 bridgehead atoms. The molecule has 0 aliphatic rings. The summed E-state index contributed by atoms with van der Waals surface area (Å²) in [5, 5.41) is 7.05. The van der Waals surface area contributed by atoms with Gasteiger partial charge in [0.15, 0.2) is 0 Å². The Hall–Kier alpha value is -1.91. The van der Waals surface area contributed by atoms with Crippen LogP contribution in [0.2, 0.25) is 0 Å². The first-order valence-electron chi connectivity index (χ1n) is 5.67. The van der Waals surface area contributed by atoms with E-state index in [9.17, 15) is 8.78 Å². The maximum absolute atomic E-state index is 13.4. The van der Waals surface area contributed by atoms with E-state index in [2.05, 4.69) is 10.4 Å². The molecule has 1 N–H and O–H groups in total. The van der Waals surface area contributed by atoms with E-state index in [4.69, 9.17) is 0 Å². The molecule has 0 saturated heterocycles. The quantitative estimate of drug-likeness (QED) is 0.909. The van der Waals surface area contributed by atoms with Crippen molar-refractivity contribution >= 4 is 5.69 Å². The molecule has 18 heavy (non-hydrogen) atoms. The highest BCUT2D eigenvalue weighted by atomic mass is 19.1.